The molecule has 1 N–H and O–H groups in total. The Balaban J connectivity index is 1.54. The molecule has 4 rings (SSSR count). The average Bonchev–Trinajstić information content (AvgIpc) is 3.14. The van der Waals surface area contributed by atoms with Crippen molar-refractivity contribution < 1.29 is 19.1 Å². The molecule has 1 aliphatic heterocycles. The lowest BCUT2D eigenvalue weighted by Gasteiger charge is -2.29. The quantitative estimate of drug-likeness (QED) is 0.605. The fourth-order valence-electron chi connectivity index (χ4n) is 4.50. The molecule has 0 radical (unpaired) electrons. The highest BCUT2D eigenvalue weighted by Crippen LogP contribution is 2.25. The van der Waals surface area contributed by atoms with E-state index in [4.69, 9.17) is 4.74 Å². The highest BCUT2D eigenvalue weighted by Gasteiger charge is 2.28. The van der Waals surface area contributed by atoms with Crippen molar-refractivity contribution in [2.45, 2.75) is 45.2 Å². The molecule has 1 aromatic carbocycles. The number of ether oxygens (including phenoxy) is 1. The number of fused-ring (bicyclic) bond motifs is 1. The molecule has 1 saturated carbocycles. The Labute approximate surface area is 176 Å². The molecule has 2 fully saturated rings. The number of hydrogen-bond donors (Lipinski definition) is 1. The van der Waals surface area contributed by atoms with Gasteiger partial charge in [0, 0.05) is 36.2 Å². The standard InChI is InChI=1S/C23H29N3O4/c1-16-6-2-4-8-19(16)24-23(29)22(28)18-14-26(20-9-5-3-7-17(18)20)15-21(27)25-10-12-30-13-11-25/h3,5,7,9,14,16,19H,2,4,6,8,10-13,15H2,1H3,(H,24,29)/t16-,19+/m0/s1. The molecule has 1 saturated heterocycles. The summed E-state index contributed by atoms with van der Waals surface area (Å²) in [5.74, 6) is -0.737. The van der Waals surface area contributed by atoms with E-state index in [2.05, 4.69) is 12.2 Å². The van der Waals surface area contributed by atoms with Crippen molar-refractivity contribution in [3.63, 3.8) is 0 Å². The summed E-state index contributed by atoms with van der Waals surface area (Å²) < 4.78 is 7.09. The third kappa shape index (κ3) is 4.26. The number of aromatic nitrogens is 1. The van der Waals surface area contributed by atoms with Crippen LogP contribution < -0.4 is 5.32 Å². The predicted molar refractivity (Wildman–Crippen MR) is 113 cm³/mol. The van der Waals surface area contributed by atoms with E-state index >= 15 is 0 Å². The number of morpholine rings is 1. The fourth-order valence-corrected chi connectivity index (χ4v) is 4.50. The molecule has 2 heterocycles. The normalized spacial score (nSPS) is 22.1. The van der Waals surface area contributed by atoms with Crippen LogP contribution in [0.3, 0.4) is 0 Å². The van der Waals surface area contributed by atoms with E-state index in [0.717, 1.165) is 24.8 Å². The largest absolute Gasteiger partial charge is 0.378 e. The van der Waals surface area contributed by atoms with Crippen LogP contribution in [0.25, 0.3) is 10.9 Å². The number of hydrogen-bond acceptors (Lipinski definition) is 4. The van der Waals surface area contributed by atoms with Crippen molar-refractivity contribution in [3.8, 4) is 0 Å². The summed E-state index contributed by atoms with van der Waals surface area (Å²) in [6.07, 6.45) is 5.88. The third-order valence-corrected chi connectivity index (χ3v) is 6.34. The predicted octanol–water partition coefficient (Wildman–Crippen LogP) is 2.38. The Bertz CT molecular complexity index is 945. The van der Waals surface area contributed by atoms with Gasteiger partial charge in [0.25, 0.3) is 11.7 Å². The van der Waals surface area contributed by atoms with Crippen molar-refractivity contribution in [1.29, 1.82) is 0 Å². The Morgan fingerprint density at radius 2 is 1.83 bits per heavy atom. The van der Waals surface area contributed by atoms with Crippen LogP contribution in [0, 0.1) is 5.92 Å². The van der Waals surface area contributed by atoms with Crippen LogP contribution in [-0.2, 0) is 20.9 Å². The highest BCUT2D eigenvalue weighted by atomic mass is 16.5. The summed E-state index contributed by atoms with van der Waals surface area (Å²) in [5, 5.41) is 3.64. The van der Waals surface area contributed by atoms with Crippen LogP contribution in [0.4, 0.5) is 0 Å². The molecule has 160 valence electrons. The number of rotatable bonds is 5. The number of carbonyl (C=O) groups excluding carboxylic acids is 3. The number of nitrogens with zero attached hydrogens (tertiary/aromatic N) is 2. The number of amides is 2. The van der Waals surface area contributed by atoms with Gasteiger partial charge in [0.2, 0.25) is 5.91 Å². The first kappa shape index (κ1) is 20.6. The van der Waals surface area contributed by atoms with Gasteiger partial charge in [0.15, 0.2) is 0 Å². The van der Waals surface area contributed by atoms with Crippen LogP contribution in [0.1, 0.15) is 43.0 Å². The number of nitrogens with one attached hydrogen (secondary N) is 1. The summed E-state index contributed by atoms with van der Waals surface area (Å²) >= 11 is 0. The maximum Gasteiger partial charge on any atom is 0.292 e. The van der Waals surface area contributed by atoms with Crippen LogP contribution in [0.2, 0.25) is 0 Å². The molecule has 1 aliphatic carbocycles. The van der Waals surface area contributed by atoms with Crippen LogP contribution in [0.15, 0.2) is 30.5 Å². The van der Waals surface area contributed by atoms with Crippen molar-refractivity contribution >= 4 is 28.5 Å². The van der Waals surface area contributed by atoms with Gasteiger partial charge in [-0.2, -0.15) is 0 Å². The van der Waals surface area contributed by atoms with Gasteiger partial charge >= 0.3 is 0 Å². The molecule has 2 aromatic rings. The zero-order valence-electron chi connectivity index (χ0n) is 17.4. The lowest BCUT2D eigenvalue weighted by Crippen LogP contribution is -2.44. The molecule has 7 nitrogen and oxygen atoms in total. The minimum atomic E-state index is -0.559. The smallest absolute Gasteiger partial charge is 0.292 e. The van der Waals surface area contributed by atoms with Crippen LogP contribution >= 0.6 is 0 Å². The molecule has 30 heavy (non-hydrogen) atoms. The summed E-state index contributed by atoms with van der Waals surface area (Å²) in [4.78, 5) is 40.2. The number of ketones is 1. The van der Waals surface area contributed by atoms with Crippen LogP contribution in [0.5, 0.6) is 0 Å². The first-order valence-corrected chi connectivity index (χ1v) is 10.8. The first-order chi connectivity index (χ1) is 14.5. The van der Waals surface area contributed by atoms with Crippen molar-refractivity contribution in [2.24, 2.45) is 5.92 Å². The Hall–Kier alpha value is -2.67. The monoisotopic (exact) mass is 411 g/mol. The van der Waals surface area contributed by atoms with E-state index in [1.54, 1.807) is 15.7 Å². The van der Waals surface area contributed by atoms with Gasteiger partial charge in [-0.3, -0.25) is 14.4 Å². The highest BCUT2D eigenvalue weighted by molar-refractivity contribution is 6.45. The van der Waals surface area contributed by atoms with E-state index in [-0.39, 0.29) is 18.5 Å². The lowest BCUT2D eigenvalue weighted by atomic mass is 9.86. The minimum Gasteiger partial charge on any atom is -0.378 e. The number of para-hydroxylation sites is 1. The third-order valence-electron chi connectivity index (χ3n) is 6.34. The molecule has 2 atom stereocenters. The summed E-state index contributed by atoms with van der Waals surface area (Å²) in [5.41, 5.74) is 1.13. The second kappa shape index (κ2) is 9.00. The van der Waals surface area contributed by atoms with Crippen LogP contribution in [-0.4, -0.2) is 59.4 Å². The maximum absolute atomic E-state index is 13.0. The Kier molecular flexibility index (Phi) is 6.18. The van der Waals surface area contributed by atoms with Gasteiger partial charge in [-0.05, 0) is 24.8 Å². The number of Topliss-reactive ketones (excluding diaryl/α,β-unsaturated/α-hetero) is 1. The van der Waals surface area contributed by atoms with Gasteiger partial charge in [0.05, 0.1) is 18.8 Å². The zero-order chi connectivity index (χ0) is 21.1. The van der Waals surface area contributed by atoms with Crippen molar-refractivity contribution in [2.75, 3.05) is 26.3 Å². The van der Waals surface area contributed by atoms with E-state index in [0.29, 0.717) is 43.2 Å². The summed E-state index contributed by atoms with van der Waals surface area (Å²) in [6, 6.07) is 7.46. The van der Waals surface area contributed by atoms with Gasteiger partial charge in [0.1, 0.15) is 6.54 Å². The molecule has 0 unspecified atom stereocenters. The van der Waals surface area contributed by atoms with Crippen molar-refractivity contribution in [3.05, 3.63) is 36.0 Å². The second-order valence-corrected chi connectivity index (χ2v) is 8.35. The van der Waals surface area contributed by atoms with E-state index in [1.165, 1.54) is 6.42 Å². The maximum atomic E-state index is 13.0. The summed E-state index contributed by atoms with van der Waals surface area (Å²) in [6.45, 7) is 4.49. The van der Waals surface area contributed by atoms with E-state index < -0.39 is 11.7 Å². The molecule has 1 aromatic heterocycles. The molecular formula is C23H29N3O4. The molecular weight excluding hydrogens is 382 g/mol. The van der Waals surface area contributed by atoms with Gasteiger partial charge < -0.3 is 19.5 Å². The average molecular weight is 412 g/mol. The first-order valence-electron chi connectivity index (χ1n) is 10.8. The molecule has 7 heteroatoms. The molecule has 0 bridgehead atoms. The minimum absolute atomic E-state index is 0.0152. The van der Waals surface area contributed by atoms with Gasteiger partial charge in [-0.25, -0.2) is 0 Å². The summed E-state index contributed by atoms with van der Waals surface area (Å²) in [7, 11) is 0. The number of carbonyl (C=O) groups is 3. The zero-order valence-corrected chi connectivity index (χ0v) is 17.4. The molecule has 0 spiro atoms. The Morgan fingerprint density at radius 1 is 1.10 bits per heavy atom. The lowest BCUT2D eigenvalue weighted by molar-refractivity contribution is -0.135. The van der Waals surface area contributed by atoms with Gasteiger partial charge in [-0.1, -0.05) is 38.0 Å². The SMILES string of the molecule is C[C@H]1CCCC[C@H]1NC(=O)C(=O)c1cn(CC(=O)N2CCOCC2)c2ccccc12. The molecule has 2 aliphatic rings. The van der Waals surface area contributed by atoms with Crippen molar-refractivity contribution in [1.82, 2.24) is 14.8 Å². The fraction of sp³-hybridized carbons (Fsp3) is 0.522. The Morgan fingerprint density at radius 3 is 2.60 bits per heavy atom. The van der Waals surface area contributed by atoms with Gasteiger partial charge in [-0.15, -0.1) is 0 Å². The van der Waals surface area contributed by atoms with E-state index in [9.17, 15) is 14.4 Å². The van der Waals surface area contributed by atoms with E-state index in [1.807, 2.05) is 24.3 Å². The second-order valence-electron chi connectivity index (χ2n) is 8.35. The molecule has 2 amide bonds. The topological polar surface area (TPSA) is 80.6 Å². The number of benzene rings is 1.